The molecule has 1 unspecified atom stereocenters. The van der Waals surface area contributed by atoms with Gasteiger partial charge in [0.05, 0.1) is 17.0 Å². The van der Waals surface area contributed by atoms with E-state index in [1.54, 1.807) is 11.4 Å². The fourth-order valence-electron chi connectivity index (χ4n) is 2.75. The monoisotopic (exact) mass is 471 g/mol. The van der Waals surface area contributed by atoms with Crippen molar-refractivity contribution in [3.8, 4) is 11.3 Å². The van der Waals surface area contributed by atoms with Gasteiger partial charge in [0, 0.05) is 35.1 Å². The van der Waals surface area contributed by atoms with Crippen molar-refractivity contribution in [3.63, 3.8) is 0 Å². The van der Waals surface area contributed by atoms with Crippen LogP contribution in [-0.2, 0) is 14.3 Å². The van der Waals surface area contributed by atoms with E-state index in [0.29, 0.717) is 11.3 Å². The first-order valence-electron chi connectivity index (χ1n) is 9.72. The third-order valence-electron chi connectivity index (χ3n) is 4.49. The van der Waals surface area contributed by atoms with Crippen molar-refractivity contribution in [1.82, 2.24) is 4.98 Å². The molecule has 0 aliphatic rings. The number of nitro groups is 1. The molecule has 0 aliphatic heterocycles. The molecule has 0 fully saturated rings. The first kappa shape index (κ1) is 23.7. The second kappa shape index (κ2) is 10.6. The van der Waals surface area contributed by atoms with Gasteiger partial charge in [-0.3, -0.25) is 29.8 Å². The Bertz CT molecular complexity index is 1190. The number of rotatable bonds is 9. The number of nitro benzene ring substituents is 1. The van der Waals surface area contributed by atoms with Crippen LogP contribution in [-0.4, -0.2) is 33.7 Å². The Hall–Kier alpha value is -3.99. The molecule has 33 heavy (non-hydrogen) atoms. The molecule has 11 heteroatoms. The van der Waals surface area contributed by atoms with E-state index in [9.17, 15) is 28.9 Å². The number of nitrogens with zero attached hydrogens (tertiary/aromatic N) is 2. The Labute approximate surface area is 191 Å². The Kier molecular flexibility index (Phi) is 7.57. The van der Waals surface area contributed by atoms with Crippen LogP contribution in [0.2, 0.25) is 0 Å². The van der Waals surface area contributed by atoms with Gasteiger partial charge < -0.3 is 4.74 Å². The lowest BCUT2D eigenvalue weighted by Gasteiger charge is -2.12. The Morgan fingerprint density at radius 2 is 1.91 bits per heavy atom. The fraction of sp³-hybridized carbons (Fsp3) is 0.182. The summed E-state index contributed by atoms with van der Waals surface area (Å²) < 4.78 is 18.0. The number of amides is 1. The van der Waals surface area contributed by atoms with Crippen LogP contribution in [0.5, 0.6) is 0 Å². The van der Waals surface area contributed by atoms with Crippen molar-refractivity contribution in [1.29, 1.82) is 0 Å². The van der Waals surface area contributed by atoms with Gasteiger partial charge in [0.2, 0.25) is 0 Å². The van der Waals surface area contributed by atoms with Crippen LogP contribution >= 0.6 is 11.3 Å². The predicted molar refractivity (Wildman–Crippen MR) is 118 cm³/mol. The highest BCUT2D eigenvalue weighted by atomic mass is 32.1. The Balaban J connectivity index is 1.51. The van der Waals surface area contributed by atoms with E-state index in [-0.39, 0.29) is 35.0 Å². The van der Waals surface area contributed by atoms with Crippen molar-refractivity contribution in [2.24, 2.45) is 0 Å². The fourth-order valence-corrected chi connectivity index (χ4v) is 3.48. The highest BCUT2D eigenvalue weighted by molar-refractivity contribution is 7.14. The van der Waals surface area contributed by atoms with Gasteiger partial charge in [0.25, 0.3) is 11.6 Å². The van der Waals surface area contributed by atoms with Gasteiger partial charge >= 0.3 is 5.97 Å². The molecule has 0 saturated carbocycles. The number of ether oxygens (including phenoxy) is 1. The lowest BCUT2D eigenvalue weighted by Crippen LogP contribution is -2.30. The van der Waals surface area contributed by atoms with Crippen LogP contribution in [0.4, 0.5) is 15.2 Å². The lowest BCUT2D eigenvalue weighted by atomic mass is 10.1. The minimum absolute atomic E-state index is 0.0791. The summed E-state index contributed by atoms with van der Waals surface area (Å²) >= 11 is 1.11. The second-order valence-electron chi connectivity index (χ2n) is 6.90. The minimum Gasteiger partial charge on any atom is -0.453 e. The van der Waals surface area contributed by atoms with Crippen molar-refractivity contribution < 1.29 is 28.4 Å². The number of carbonyl (C=O) groups is 3. The van der Waals surface area contributed by atoms with Gasteiger partial charge in [0.1, 0.15) is 5.82 Å². The summed E-state index contributed by atoms with van der Waals surface area (Å²) in [7, 11) is 0. The maximum Gasteiger partial charge on any atom is 0.307 e. The topological polar surface area (TPSA) is 128 Å². The first-order valence-corrected chi connectivity index (χ1v) is 10.6. The largest absolute Gasteiger partial charge is 0.453 e. The van der Waals surface area contributed by atoms with Crippen LogP contribution in [0, 0.1) is 15.9 Å². The van der Waals surface area contributed by atoms with Gasteiger partial charge in [-0.1, -0.05) is 12.1 Å². The third-order valence-corrected chi connectivity index (χ3v) is 5.24. The number of halogens is 1. The number of thiazole rings is 1. The maximum absolute atomic E-state index is 12.9. The molecule has 2 aromatic carbocycles. The molecule has 0 spiro atoms. The number of ketones is 1. The Morgan fingerprint density at radius 1 is 1.18 bits per heavy atom. The summed E-state index contributed by atoms with van der Waals surface area (Å²) in [5.74, 6) is -2.17. The standard InChI is InChI=1S/C22H18FN3O6S/c1-13(32-20(28)10-9-19(27)14-5-7-16(23)8-6-14)21(29)25-22-24-18(12-33-22)15-3-2-4-17(11-15)26(30)31/h2-8,11-13H,9-10H2,1H3,(H,24,25,29). The van der Waals surface area contributed by atoms with Crippen molar-refractivity contribution in [2.45, 2.75) is 25.9 Å². The van der Waals surface area contributed by atoms with E-state index in [2.05, 4.69) is 10.3 Å². The van der Waals surface area contributed by atoms with E-state index in [4.69, 9.17) is 4.74 Å². The zero-order valence-electron chi connectivity index (χ0n) is 17.3. The molecule has 0 bridgehead atoms. The summed E-state index contributed by atoms with van der Waals surface area (Å²) in [6.45, 7) is 1.38. The zero-order chi connectivity index (χ0) is 24.0. The molecule has 1 heterocycles. The van der Waals surface area contributed by atoms with Crippen LogP contribution in [0.3, 0.4) is 0 Å². The molecule has 1 aromatic heterocycles. The highest BCUT2D eigenvalue weighted by Crippen LogP contribution is 2.27. The number of esters is 1. The molecular weight excluding hydrogens is 453 g/mol. The van der Waals surface area contributed by atoms with Crippen LogP contribution in [0.25, 0.3) is 11.3 Å². The highest BCUT2D eigenvalue weighted by Gasteiger charge is 2.20. The van der Waals surface area contributed by atoms with Crippen LogP contribution in [0.15, 0.2) is 53.9 Å². The average molecular weight is 471 g/mol. The Morgan fingerprint density at radius 3 is 2.61 bits per heavy atom. The number of hydrogen-bond donors (Lipinski definition) is 1. The van der Waals surface area contributed by atoms with Gasteiger partial charge in [-0.2, -0.15) is 0 Å². The van der Waals surface area contributed by atoms with Crippen LogP contribution < -0.4 is 5.32 Å². The van der Waals surface area contributed by atoms with Crippen LogP contribution in [0.1, 0.15) is 30.1 Å². The molecule has 1 atom stereocenters. The SMILES string of the molecule is CC(OC(=O)CCC(=O)c1ccc(F)cc1)C(=O)Nc1nc(-c2cccc([N+](=O)[O-])c2)cs1. The lowest BCUT2D eigenvalue weighted by molar-refractivity contribution is -0.384. The van der Waals surface area contributed by atoms with E-state index in [0.717, 1.165) is 23.5 Å². The predicted octanol–water partition coefficient (Wildman–Crippen LogP) is 4.39. The molecule has 1 N–H and O–H groups in total. The number of anilines is 1. The molecule has 0 radical (unpaired) electrons. The number of nitrogens with one attached hydrogen (secondary N) is 1. The van der Waals surface area contributed by atoms with Gasteiger partial charge in [-0.05, 0) is 31.2 Å². The quantitative estimate of drug-likeness (QED) is 0.212. The minimum atomic E-state index is -1.14. The molecule has 1 amide bonds. The van der Waals surface area contributed by atoms with E-state index >= 15 is 0 Å². The van der Waals surface area contributed by atoms with Gasteiger partial charge in [-0.15, -0.1) is 11.3 Å². The van der Waals surface area contributed by atoms with E-state index in [1.165, 1.54) is 37.3 Å². The molecular formula is C22H18FN3O6S. The number of aromatic nitrogens is 1. The number of non-ortho nitro benzene ring substituents is 1. The smallest absolute Gasteiger partial charge is 0.307 e. The van der Waals surface area contributed by atoms with Crippen molar-refractivity contribution in [2.75, 3.05) is 5.32 Å². The summed E-state index contributed by atoms with van der Waals surface area (Å²) in [6.07, 6.45) is -1.51. The molecule has 0 aliphatic carbocycles. The number of carbonyl (C=O) groups excluding carboxylic acids is 3. The van der Waals surface area contributed by atoms with Gasteiger partial charge in [0.15, 0.2) is 17.0 Å². The summed E-state index contributed by atoms with van der Waals surface area (Å²) in [6, 6.07) is 10.9. The molecule has 3 aromatic rings. The average Bonchev–Trinajstić information content (AvgIpc) is 3.26. The summed E-state index contributed by atoms with van der Waals surface area (Å²) in [4.78, 5) is 51.0. The third kappa shape index (κ3) is 6.50. The zero-order valence-corrected chi connectivity index (χ0v) is 18.1. The second-order valence-corrected chi connectivity index (χ2v) is 7.75. The molecule has 170 valence electrons. The van der Waals surface area contributed by atoms with Gasteiger partial charge in [-0.25, -0.2) is 9.37 Å². The molecule has 9 nitrogen and oxygen atoms in total. The first-order chi connectivity index (χ1) is 15.7. The summed E-state index contributed by atoms with van der Waals surface area (Å²) in [5, 5.41) is 15.3. The normalized spacial score (nSPS) is 11.5. The van der Waals surface area contributed by atoms with Crippen molar-refractivity contribution in [3.05, 3.63) is 75.4 Å². The maximum atomic E-state index is 12.9. The number of benzene rings is 2. The van der Waals surface area contributed by atoms with E-state index < -0.39 is 28.7 Å². The summed E-state index contributed by atoms with van der Waals surface area (Å²) in [5.41, 5.74) is 1.16. The number of Topliss-reactive ketones (excluding diaryl/α,β-unsaturated/α-hetero) is 1. The molecule has 0 saturated heterocycles. The van der Waals surface area contributed by atoms with Crippen molar-refractivity contribution >= 4 is 39.8 Å². The number of hydrogen-bond acceptors (Lipinski definition) is 8. The van der Waals surface area contributed by atoms with E-state index in [1.807, 2.05) is 0 Å². The molecule has 3 rings (SSSR count).